The van der Waals surface area contributed by atoms with Gasteiger partial charge in [-0.2, -0.15) is 0 Å². The van der Waals surface area contributed by atoms with Crippen molar-refractivity contribution < 1.29 is 0 Å². The van der Waals surface area contributed by atoms with Crippen molar-refractivity contribution in [2.75, 3.05) is 0 Å². The smallest absolute Gasteiger partial charge is 0.00545 e. The Bertz CT molecular complexity index is 318. The Balaban J connectivity index is 3.35. The molecule has 0 aromatic carbocycles. The third-order valence-corrected chi connectivity index (χ3v) is 3.44. The molecule has 0 atom stereocenters. The number of thiophene rings is 1. The molecular weight excluding hydrogens is 188 g/mol. The largest absolute Gasteiger partial charge is 0.149 e. The van der Waals surface area contributed by atoms with Gasteiger partial charge in [0, 0.05) is 4.88 Å². The van der Waals surface area contributed by atoms with Crippen LogP contribution in [-0.4, -0.2) is 0 Å². The van der Waals surface area contributed by atoms with Crippen LogP contribution in [0.1, 0.15) is 57.5 Å². The van der Waals surface area contributed by atoms with Crippen molar-refractivity contribution in [1.82, 2.24) is 0 Å². The van der Waals surface area contributed by atoms with Crippen LogP contribution >= 0.6 is 11.3 Å². The normalized spacial score (nSPS) is 13.4. The number of rotatable bonds is 0. The summed E-state index contributed by atoms with van der Waals surface area (Å²) in [6.07, 6.45) is 0. The van der Waals surface area contributed by atoms with Gasteiger partial charge in [-0.05, 0) is 34.3 Å². The topological polar surface area (TPSA) is 0 Å². The Morgan fingerprint density at radius 1 is 0.929 bits per heavy atom. The van der Waals surface area contributed by atoms with E-state index in [4.69, 9.17) is 0 Å². The molecule has 0 nitrogen and oxygen atoms in total. The summed E-state index contributed by atoms with van der Waals surface area (Å²) < 4.78 is 0. The quantitative estimate of drug-likeness (QED) is 0.584. The molecule has 0 amide bonds. The standard InChI is InChI=1S/C13H22S/c1-9-11(13(5,6)7)10(8-14-9)12(2,3)4/h8H,1-7H3. The maximum Gasteiger partial charge on any atom is 0.00545 e. The summed E-state index contributed by atoms with van der Waals surface area (Å²) in [6, 6.07) is 0. The number of hydrogen-bond donors (Lipinski definition) is 0. The maximum atomic E-state index is 2.33. The highest BCUT2D eigenvalue weighted by molar-refractivity contribution is 7.10. The highest BCUT2D eigenvalue weighted by Crippen LogP contribution is 2.39. The van der Waals surface area contributed by atoms with Gasteiger partial charge >= 0.3 is 0 Å². The molecule has 0 N–H and O–H groups in total. The summed E-state index contributed by atoms with van der Waals surface area (Å²) >= 11 is 1.88. The van der Waals surface area contributed by atoms with E-state index < -0.39 is 0 Å². The summed E-state index contributed by atoms with van der Waals surface area (Å²) in [5.74, 6) is 0. The zero-order valence-corrected chi connectivity index (χ0v) is 11.3. The summed E-state index contributed by atoms with van der Waals surface area (Å²) in [4.78, 5) is 1.47. The van der Waals surface area contributed by atoms with Crippen LogP contribution in [0.15, 0.2) is 5.38 Å². The Labute approximate surface area is 92.4 Å². The molecule has 14 heavy (non-hydrogen) atoms. The molecule has 0 spiro atoms. The Hall–Kier alpha value is -0.300. The molecule has 0 aliphatic carbocycles. The lowest BCUT2D eigenvalue weighted by Crippen LogP contribution is -2.20. The van der Waals surface area contributed by atoms with E-state index in [1.165, 1.54) is 10.4 Å². The van der Waals surface area contributed by atoms with Gasteiger partial charge in [0.05, 0.1) is 0 Å². The van der Waals surface area contributed by atoms with E-state index in [0.29, 0.717) is 0 Å². The zero-order valence-electron chi connectivity index (χ0n) is 10.5. The predicted molar refractivity (Wildman–Crippen MR) is 66.5 cm³/mol. The Kier molecular flexibility index (Phi) is 2.84. The molecule has 1 aromatic rings. The van der Waals surface area contributed by atoms with Crippen molar-refractivity contribution in [3.8, 4) is 0 Å². The maximum absolute atomic E-state index is 2.33. The van der Waals surface area contributed by atoms with Crippen LogP contribution in [0.4, 0.5) is 0 Å². The number of aryl methyl sites for hydroxylation is 1. The van der Waals surface area contributed by atoms with E-state index in [1.54, 1.807) is 5.56 Å². The predicted octanol–water partition coefficient (Wildman–Crippen LogP) is 4.65. The molecule has 0 bridgehead atoms. The molecule has 0 saturated carbocycles. The lowest BCUT2D eigenvalue weighted by Gasteiger charge is -2.27. The molecule has 0 aliphatic heterocycles. The molecule has 1 heterocycles. The van der Waals surface area contributed by atoms with Gasteiger partial charge in [-0.1, -0.05) is 41.5 Å². The van der Waals surface area contributed by atoms with Crippen molar-refractivity contribution in [2.24, 2.45) is 0 Å². The van der Waals surface area contributed by atoms with E-state index in [-0.39, 0.29) is 10.8 Å². The van der Waals surface area contributed by atoms with Gasteiger partial charge in [-0.15, -0.1) is 11.3 Å². The fraction of sp³-hybridized carbons (Fsp3) is 0.692. The van der Waals surface area contributed by atoms with Crippen LogP contribution in [0, 0.1) is 6.92 Å². The monoisotopic (exact) mass is 210 g/mol. The minimum atomic E-state index is 0.271. The molecule has 0 saturated heterocycles. The van der Waals surface area contributed by atoms with E-state index in [1.807, 2.05) is 11.3 Å². The fourth-order valence-electron chi connectivity index (χ4n) is 1.94. The molecule has 80 valence electrons. The van der Waals surface area contributed by atoms with Crippen molar-refractivity contribution >= 4 is 11.3 Å². The zero-order chi connectivity index (χ0) is 11.1. The highest BCUT2D eigenvalue weighted by Gasteiger charge is 2.27. The number of hydrogen-bond acceptors (Lipinski definition) is 1. The first-order chi connectivity index (χ1) is 6.14. The molecule has 1 aromatic heterocycles. The van der Waals surface area contributed by atoms with Crippen molar-refractivity contribution in [3.05, 3.63) is 21.4 Å². The summed E-state index contributed by atoms with van der Waals surface area (Å²) in [7, 11) is 0. The first kappa shape index (κ1) is 11.8. The van der Waals surface area contributed by atoms with E-state index in [0.717, 1.165) is 0 Å². The van der Waals surface area contributed by atoms with Crippen LogP contribution in [0.5, 0.6) is 0 Å². The van der Waals surface area contributed by atoms with Gasteiger partial charge in [0.1, 0.15) is 0 Å². The summed E-state index contributed by atoms with van der Waals surface area (Å²) in [5, 5.41) is 2.33. The second-order valence-electron chi connectivity index (χ2n) is 6.08. The molecule has 0 unspecified atom stereocenters. The van der Waals surface area contributed by atoms with Crippen LogP contribution in [0.25, 0.3) is 0 Å². The van der Waals surface area contributed by atoms with Crippen LogP contribution in [-0.2, 0) is 10.8 Å². The van der Waals surface area contributed by atoms with Crippen LogP contribution in [0.2, 0.25) is 0 Å². The van der Waals surface area contributed by atoms with Gasteiger partial charge in [-0.3, -0.25) is 0 Å². The third kappa shape index (κ3) is 2.20. The highest BCUT2D eigenvalue weighted by atomic mass is 32.1. The average molecular weight is 210 g/mol. The summed E-state index contributed by atoms with van der Waals surface area (Å²) in [5.41, 5.74) is 3.61. The van der Waals surface area contributed by atoms with E-state index >= 15 is 0 Å². The second kappa shape index (κ2) is 3.37. The Morgan fingerprint density at radius 2 is 1.43 bits per heavy atom. The minimum absolute atomic E-state index is 0.271. The molecular formula is C13H22S. The van der Waals surface area contributed by atoms with E-state index in [9.17, 15) is 0 Å². The average Bonchev–Trinajstić information content (AvgIpc) is 2.27. The van der Waals surface area contributed by atoms with Gasteiger partial charge in [0.2, 0.25) is 0 Å². The second-order valence-corrected chi connectivity index (χ2v) is 7.16. The van der Waals surface area contributed by atoms with Gasteiger partial charge in [0.25, 0.3) is 0 Å². The lowest BCUT2D eigenvalue weighted by atomic mass is 9.77. The SMILES string of the molecule is Cc1scc(C(C)(C)C)c1C(C)(C)C. The van der Waals surface area contributed by atoms with Gasteiger partial charge in [0.15, 0.2) is 0 Å². The Morgan fingerprint density at radius 3 is 1.71 bits per heavy atom. The fourth-order valence-corrected chi connectivity index (χ4v) is 3.24. The van der Waals surface area contributed by atoms with Gasteiger partial charge < -0.3 is 0 Å². The van der Waals surface area contributed by atoms with Crippen molar-refractivity contribution in [1.29, 1.82) is 0 Å². The molecule has 0 aliphatic rings. The minimum Gasteiger partial charge on any atom is -0.149 e. The first-order valence-corrected chi connectivity index (χ1v) is 6.11. The van der Waals surface area contributed by atoms with E-state index in [2.05, 4.69) is 53.8 Å². The summed E-state index contributed by atoms with van der Waals surface area (Å²) in [6.45, 7) is 16.0. The van der Waals surface area contributed by atoms with Crippen LogP contribution in [0.3, 0.4) is 0 Å². The van der Waals surface area contributed by atoms with Crippen molar-refractivity contribution in [2.45, 2.75) is 59.3 Å². The molecule has 1 rings (SSSR count). The molecule has 0 fully saturated rings. The first-order valence-electron chi connectivity index (χ1n) is 5.23. The van der Waals surface area contributed by atoms with Crippen LogP contribution < -0.4 is 0 Å². The third-order valence-electron chi connectivity index (χ3n) is 2.53. The lowest BCUT2D eigenvalue weighted by molar-refractivity contribution is 0.532. The molecule has 0 radical (unpaired) electrons. The van der Waals surface area contributed by atoms with Gasteiger partial charge in [-0.25, -0.2) is 0 Å². The molecule has 1 heteroatoms. The van der Waals surface area contributed by atoms with Crippen molar-refractivity contribution in [3.63, 3.8) is 0 Å².